The van der Waals surface area contributed by atoms with Crippen molar-refractivity contribution < 1.29 is 4.39 Å². The lowest BCUT2D eigenvalue weighted by molar-refractivity contribution is 0.436. The first-order chi connectivity index (χ1) is 12.5. The summed E-state index contributed by atoms with van der Waals surface area (Å²) in [6, 6.07) is 14.2. The van der Waals surface area contributed by atoms with Gasteiger partial charge in [0.2, 0.25) is 0 Å². The number of rotatable bonds is 5. The highest BCUT2D eigenvalue weighted by atomic mass is 19.1. The quantitative estimate of drug-likeness (QED) is 0.531. The molecule has 0 fully saturated rings. The van der Waals surface area contributed by atoms with Crippen LogP contribution in [0.3, 0.4) is 0 Å². The minimum atomic E-state index is -0.327. The first kappa shape index (κ1) is 17.7. The van der Waals surface area contributed by atoms with Crippen molar-refractivity contribution in [1.82, 2.24) is 9.55 Å². The van der Waals surface area contributed by atoms with E-state index in [2.05, 4.69) is 33.7 Å². The van der Waals surface area contributed by atoms with E-state index >= 15 is 0 Å². The highest BCUT2D eigenvalue weighted by Crippen LogP contribution is 2.27. The zero-order valence-electron chi connectivity index (χ0n) is 14.8. The molecule has 1 atom stereocenters. The number of hydrogen-bond acceptors (Lipinski definition) is 2. The van der Waals surface area contributed by atoms with E-state index in [1.165, 1.54) is 17.7 Å². The third kappa shape index (κ3) is 4.27. The summed E-state index contributed by atoms with van der Waals surface area (Å²) in [5, 5.41) is 2.88. The number of nitrogens with two attached hydrogens (primary N) is 1. The van der Waals surface area contributed by atoms with Crippen molar-refractivity contribution in [2.75, 3.05) is 5.32 Å². The highest BCUT2D eigenvalue weighted by molar-refractivity contribution is 5.93. The Kier molecular flexibility index (Phi) is 5.31. The van der Waals surface area contributed by atoms with Crippen LogP contribution in [-0.2, 0) is 0 Å². The molecule has 0 amide bonds. The lowest BCUT2D eigenvalue weighted by Crippen LogP contribution is -2.22. The Hall–Kier alpha value is -3.15. The number of nitrogens with zero attached hydrogens (tertiary/aromatic N) is 3. The lowest BCUT2D eigenvalue weighted by atomic mass is 9.96. The standard InChI is InChI=1S/C20H22FN5/c1-14(2)19(26-11-10-23-13-26)15-6-8-17(9-7-15)24-20(22)25-18-5-3-4-16(21)12-18/h3-14,19H,1-2H3,(H3,22,24,25). The first-order valence-corrected chi connectivity index (χ1v) is 8.47. The van der Waals surface area contributed by atoms with Gasteiger partial charge in [0.1, 0.15) is 5.82 Å². The summed E-state index contributed by atoms with van der Waals surface area (Å²) in [5.41, 5.74) is 8.37. The summed E-state index contributed by atoms with van der Waals surface area (Å²) in [6.45, 7) is 4.36. The van der Waals surface area contributed by atoms with Crippen LogP contribution in [0.15, 0.2) is 72.2 Å². The van der Waals surface area contributed by atoms with Crippen LogP contribution in [-0.4, -0.2) is 15.5 Å². The summed E-state index contributed by atoms with van der Waals surface area (Å²) in [5.74, 6) is 0.294. The molecule has 0 spiro atoms. The van der Waals surface area contributed by atoms with Crippen LogP contribution >= 0.6 is 0 Å². The second-order valence-corrected chi connectivity index (χ2v) is 6.42. The molecule has 0 radical (unpaired) electrons. The predicted octanol–water partition coefficient (Wildman–Crippen LogP) is 4.33. The van der Waals surface area contributed by atoms with Crippen molar-refractivity contribution in [1.29, 1.82) is 0 Å². The summed E-state index contributed by atoms with van der Waals surface area (Å²) < 4.78 is 15.3. The fourth-order valence-electron chi connectivity index (χ4n) is 2.96. The number of benzene rings is 2. The Morgan fingerprint density at radius 1 is 1.19 bits per heavy atom. The fraction of sp³-hybridized carbons (Fsp3) is 0.200. The monoisotopic (exact) mass is 351 g/mol. The molecule has 5 nitrogen and oxygen atoms in total. The van der Waals surface area contributed by atoms with Crippen molar-refractivity contribution in [2.24, 2.45) is 16.6 Å². The zero-order valence-corrected chi connectivity index (χ0v) is 14.8. The average molecular weight is 351 g/mol. The molecule has 134 valence electrons. The van der Waals surface area contributed by atoms with Gasteiger partial charge in [-0.05, 0) is 41.8 Å². The van der Waals surface area contributed by atoms with Gasteiger partial charge in [-0.2, -0.15) is 0 Å². The summed E-state index contributed by atoms with van der Waals surface area (Å²) >= 11 is 0. The van der Waals surface area contributed by atoms with Crippen LogP contribution in [0.4, 0.5) is 15.8 Å². The molecule has 26 heavy (non-hydrogen) atoms. The second-order valence-electron chi connectivity index (χ2n) is 6.42. The maximum atomic E-state index is 13.2. The van der Waals surface area contributed by atoms with Gasteiger partial charge < -0.3 is 15.6 Å². The van der Waals surface area contributed by atoms with Crippen LogP contribution in [0.1, 0.15) is 25.5 Å². The SMILES string of the molecule is CC(C)C(c1ccc(N=C(N)Nc2cccc(F)c2)cc1)n1ccnc1. The number of aliphatic imine (C=N–C) groups is 1. The maximum absolute atomic E-state index is 13.2. The van der Waals surface area contributed by atoms with Crippen molar-refractivity contribution in [3.8, 4) is 0 Å². The van der Waals surface area contributed by atoms with Crippen LogP contribution in [0.2, 0.25) is 0 Å². The van der Waals surface area contributed by atoms with Crippen molar-refractivity contribution in [3.63, 3.8) is 0 Å². The lowest BCUT2D eigenvalue weighted by Gasteiger charge is -2.23. The molecular weight excluding hydrogens is 329 g/mol. The maximum Gasteiger partial charge on any atom is 0.198 e. The van der Waals surface area contributed by atoms with Gasteiger partial charge in [-0.3, -0.25) is 0 Å². The molecule has 3 aromatic rings. The molecule has 3 rings (SSSR count). The molecule has 3 N–H and O–H groups in total. The van der Waals surface area contributed by atoms with Crippen LogP contribution in [0.5, 0.6) is 0 Å². The van der Waals surface area contributed by atoms with Gasteiger partial charge >= 0.3 is 0 Å². The normalized spacial score (nSPS) is 13.0. The number of guanidine groups is 1. The van der Waals surface area contributed by atoms with E-state index in [0.717, 1.165) is 5.69 Å². The molecule has 1 unspecified atom stereocenters. The summed E-state index contributed by atoms with van der Waals surface area (Å²) in [6.07, 6.45) is 5.59. The van der Waals surface area contributed by atoms with E-state index in [0.29, 0.717) is 11.6 Å². The number of nitrogens with one attached hydrogen (secondary N) is 1. The molecule has 0 saturated carbocycles. The van der Waals surface area contributed by atoms with Gasteiger partial charge in [-0.1, -0.05) is 32.0 Å². The first-order valence-electron chi connectivity index (χ1n) is 8.47. The Labute approximate surface area is 152 Å². The van der Waals surface area contributed by atoms with Gasteiger partial charge in [0.15, 0.2) is 5.96 Å². The number of imidazole rings is 1. The van der Waals surface area contributed by atoms with E-state index in [1.807, 2.05) is 36.8 Å². The molecule has 0 aliphatic carbocycles. The van der Waals surface area contributed by atoms with E-state index < -0.39 is 0 Å². The third-order valence-corrected chi connectivity index (χ3v) is 4.06. The highest BCUT2D eigenvalue weighted by Gasteiger charge is 2.17. The van der Waals surface area contributed by atoms with E-state index in [4.69, 9.17) is 5.73 Å². The zero-order chi connectivity index (χ0) is 18.5. The Morgan fingerprint density at radius 3 is 2.58 bits per heavy atom. The van der Waals surface area contributed by atoms with Gasteiger partial charge in [-0.25, -0.2) is 14.4 Å². The van der Waals surface area contributed by atoms with Crippen LogP contribution < -0.4 is 11.1 Å². The molecule has 1 heterocycles. The van der Waals surface area contributed by atoms with E-state index in [1.54, 1.807) is 18.3 Å². The Morgan fingerprint density at radius 2 is 1.96 bits per heavy atom. The third-order valence-electron chi connectivity index (χ3n) is 4.06. The van der Waals surface area contributed by atoms with Crippen molar-refractivity contribution in [2.45, 2.75) is 19.9 Å². The predicted molar refractivity (Wildman–Crippen MR) is 103 cm³/mol. The van der Waals surface area contributed by atoms with Gasteiger partial charge in [-0.15, -0.1) is 0 Å². The van der Waals surface area contributed by atoms with Gasteiger partial charge in [0.25, 0.3) is 0 Å². The minimum Gasteiger partial charge on any atom is -0.369 e. The molecule has 0 aliphatic rings. The van der Waals surface area contributed by atoms with Crippen molar-refractivity contribution >= 4 is 17.3 Å². The smallest absolute Gasteiger partial charge is 0.198 e. The Balaban J connectivity index is 1.76. The van der Waals surface area contributed by atoms with E-state index in [9.17, 15) is 4.39 Å². The molecule has 0 bridgehead atoms. The average Bonchev–Trinajstić information content (AvgIpc) is 3.10. The van der Waals surface area contributed by atoms with Crippen molar-refractivity contribution in [3.05, 3.63) is 78.6 Å². The van der Waals surface area contributed by atoms with Crippen LogP contribution in [0.25, 0.3) is 0 Å². The number of halogens is 1. The van der Waals surface area contributed by atoms with E-state index in [-0.39, 0.29) is 17.8 Å². The molecule has 6 heteroatoms. The van der Waals surface area contributed by atoms with Crippen LogP contribution in [0, 0.1) is 11.7 Å². The van der Waals surface area contributed by atoms with Gasteiger partial charge in [0.05, 0.1) is 18.1 Å². The molecular formula is C20H22FN5. The number of hydrogen-bond donors (Lipinski definition) is 2. The Bertz CT molecular complexity index is 869. The molecule has 2 aromatic carbocycles. The fourth-order valence-corrected chi connectivity index (χ4v) is 2.96. The largest absolute Gasteiger partial charge is 0.369 e. The number of aromatic nitrogens is 2. The topological polar surface area (TPSA) is 68.2 Å². The second kappa shape index (κ2) is 7.82. The van der Waals surface area contributed by atoms with Gasteiger partial charge in [0, 0.05) is 18.1 Å². The molecule has 0 saturated heterocycles. The number of anilines is 1. The summed E-state index contributed by atoms with van der Waals surface area (Å²) in [4.78, 5) is 8.48. The molecule has 0 aliphatic heterocycles. The summed E-state index contributed by atoms with van der Waals surface area (Å²) in [7, 11) is 0. The minimum absolute atomic E-state index is 0.207. The molecule has 1 aromatic heterocycles.